The van der Waals surface area contributed by atoms with E-state index in [4.69, 9.17) is 18.4 Å². The minimum absolute atomic E-state index is 0.244. The van der Waals surface area contributed by atoms with Gasteiger partial charge in [-0.1, -0.05) is 24.3 Å². The van der Waals surface area contributed by atoms with Crippen molar-refractivity contribution in [3.63, 3.8) is 0 Å². The van der Waals surface area contributed by atoms with Gasteiger partial charge in [-0.15, -0.1) is 0 Å². The molecule has 0 aromatic heterocycles. The Morgan fingerprint density at radius 3 is 2.07 bits per heavy atom. The minimum atomic E-state index is -3.54. The van der Waals surface area contributed by atoms with Crippen LogP contribution in [0.15, 0.2) is 48.5 Å². The molecule has 2 aromatic carbocycles. The van der Waals surface area contributed by atoms with E-state index in [-0.39, 0.29) is 11.7 Å². The van der Waals surface area contributed by atoms with Gasteiger partial charge in [-0.2, -0.15) is 8.42 Å². The minimum Gasteiger partial charge on any atom is -0.493 e. The van der Waals surface area contributed by atoms with Crippen molar-refractivity contribution in [2.45, 2.75) is 32.8 Å². The number of hydrogen-bond acceptors (Lipinski definition) is 7. The highest BCUT2D eigenvalue weighted by molar-refractivity contribution is 7.86. The summed E-state index contributed by atoms with van der Waals surface area (Å²) in [4.78, 5) is 12.0. The van der Waals surface area contributed by atoms with Crippen molar-refractivity contribution >= 4 is 16.1 Å². The smallest absolute Gasteiger partial charge is 0.335 e. The predicted octanol–water partition coefficient (Wildman–Crippen LogP) is 3.16. The maximum atomic E-state index is 12.0. The quantitative estimate of drug-likeness (QED) is 0.373. The maximum Gasteiger partial charge on any atom is 0.335 e. The fourth-order valence-corrected chi connectivity index (χ4v) is 3.22. The van der Waals surface area contributed by atoms with Gasteiger partial charge in [0.25, 0.3) is 0 Å². The average molecular weight is 437 g/mol. The Balaban J connectivity index is 1.83. The van der Waals surface area contributed by atoms with E-state index >= 15 is 0 Å². The van der Waals surface area contributed by atoms with Crippen LogP contribution < -0.4 is 8.92 Å². The second-order valence-electron chi connectivity index (χ2n) is 6.57. The first-order valence-corrected chi connectivity index (χ1v) is 11.6. The maximum absolute atomic E-state index is 12.0. The van der Waals surface area contributed by atoms with E-state index in [2.05, 4.69) is 0 Å². The van der Waals surface area contributed by atoms with Gasteiger partial charge < -0.3 is 18.4 Å². The van der Waals surface area contributed by atoms with Crippen LogP contribution in [0.5, 0.6) is 11.5 Å². The van der Waals surface area contributed by atoms with Crippen molar-refractivity contribution in [1.82, 2.24) is 0 Å². The molecule has 0 amide bonds. The topological polar surface area (TPSA) is 88.1 Å². The Hall–Kier alpha value is -2.58. The highest BCUT2D eigenvalue weighted by Gasteiger charge is 2.20. The molecule has 0 spiro atoms. The van der Waals surface area contributed by atoms with Gasteiger partial charge in [0.1, 0.15) is 11.5 Å². The molecule has 8 heteroatoms. The zero-order valence-corrected chi connectivity index (χ0v) is 18.3. The summed E-state index contributed by atoms with van der Waals surface area (Å²) in [6, 6.07) is 14.3. The van der Waals surface area contributed by atoms with E-state index in [0.717, 1.165) is 17.4 Å². The molecule has 0 saturated carbocycles. The fraction of sp³-hybridized carbons (Fsp3) is 0.409. The van der Waals surface area contributed by atoms with Crippen molar-refractivity contribution in [1.29, 1.82) is 0 Å². The van der Waals surface area contributed by atoms with Crippen LogP contribution in [0.3, 0.4) is 0 Å². The molecule has 2 aromatic rings. The van der Waals surface area contributed by atoms with Crippen LogP contribution in [0.2, 0.25) is 0 Å². The van der Waals surface area contributed by atoms with Gasteiger partial charge in [-0.3, -0.25) is 0 Å². The molecule has 0 unspecified atom stereocenters. The third-order valence-corrected chi connectivity index (χ3v) is 4.59. The van der Waals surface area contributed by atoms with Gasteiger partial charge in [0.15, 0.2) is 6.10 Å². The summed E-state index contributed by atoms with van der Waals surface area (Å²) in [6.07, 6.45) is 1.56. The van der Waals surface area contributed by atoms with Crippen LogP contribution in [0.4, 0.5) is 0 Å². The molecule has 0 aliphatic carbocycles. The molecule has 0 aliphatic heterocycles. The molecule has 0 heterocycles. The first-order valence-electron chi connectivity index (χ1n) is 9.79. The molecule has 7 nitrogen and oxygen atoms in total. The van der Waals surface area contributed by atoms with Crippen molar-refractivity contribution < 1.29 is 31.6 Å². The lowest BCUT2D eigenvalue weighted by molar-refractivity contribution is -0.156. The summed E-state index contributed by atoms with van der Waals surface area (Å²) in [5.74, 6) is 0.528. The Kier molecular flexibility index (Phi) is 9.14. The summed E-state index contributed by atoms with van der Waals surface area (Å²) in [5.41, 5.74) is 2.09. The number of hydrogen-bond donors (Lipinski definition) is 0. The number of carbonyl (C=O) groups excluding carboxylic acids is 1. The van der Waals surface area contributed by atoms with E-state index in [9.17, 15) is 13.2 Å². The normalized spacial score (nSPS) is 12.2. The van der Waals surface area contributed by atoms with Gasteiger partial charge in [-0.25, -0.2) is 4.79 Å². The van der Waals surface area contributed by atoms with Gasteiger partial charge in [0.05, 0.1) is 19.5 Å². The van der Waals surface area contributed by atoms with Gasteiger partial charge in [-0.05, 0) is 49.2 Å². The van der Waals surface area contributed by atoms with Crippen LogP contribution in [-0.4, -0.2) is 46.6 Å². The molecule has 0 radical (unpaired) electrons. The summed E-state index contributed by atoms with van der Waals surface area (Å²) in [5, 5.41) is 0. The van der Waals surface area contributed by atoms with Crippen LogP contribution in [-0.2, 0) is 37.2 Å². The van der Waals surface area contributed by atoms with E-state index in [1.54, 1.807) is 31.2 Å². The second-order valence-corrected chi connectivity index (χ2v) is 8.15. The summed E-state index contributed by atoms with van der Waals surface area (Å²) in [7, 11) is -3.54. The lowest BCUT2D eigenvalue weighted by Crippen LogP contribution is -2.29. The van der Waals surface area contributed by atoms with Crippen molar-refractivity contribution in [2.75, 3.05) is 26.1 Å². The number of benzene rings is 2. The molecule has 1 atom stereocenters. The third kappa shape index (κ3) is 8.42. The summed E-state index contributed by atoms with van der Waals surface area (Å²) >= 11 is 0. The summed E-state index contributed by atoms with van der Waals surface area (Å²) in [6.45, 7) is 4.86. The van der Waals surface area contributed by atoms with Gasteiger partial charge in [0, 0.05) is 19.4 Å². The van der Waals surface area contributed by atoms with Gasteiger partial charge >= 0.3 is 16.1 Å². The zero-order chi connectivity index (χ0) is 22.0. The van der Waals surface area contributed by atoms with E-state index in [1.165, 1.54) is 0 Å². The number of carbonyl (C=O) groups is 1. The second kappa shape index (κ2) is 11.6. The van der Waals surface area contributed by atoms with Crippen molar-refractivity contribution in [2.24, 2.45) is 0 Å². The molecular weight excluding hydrogens is 408 g/mol. The van der Waals surface area contributed by atoms with Crippen LogP contribution in [0.25, 0.3) is 0 Å². The lowest BCUT2D eigenvalue weighted by atomic mass is 10.0. The molecule has 30 heavy (non-hydrogen) atoms. The molecule has 0 saturated heterocycles. The standard InChI is InChI=1S/C22H28O7S/c1-4-26-21(22(23)27-5-2)16-18-8-6-17(7-9-18)14-15-28-19-10-12-20(13-11-19)29-30(3,24)25/h6-13,21H,4-5,14-16H2,1-3H3/t21-/m0/s1. The monoisotopic (exact) mass is 436 g/mol. The zero-order valence-electron chi connectivity index (χ0n) is 17.5. The predicted molar refractivity (Wildman–Crippen MR) is 113 cm³/mol. The highest BCUT2D eigenvalue weighted by Crippen LogP contribution is 2.19. The van der Waals surface area contributed by atoms with Crippen LogP contribution in [0, 0.1) is 0 Å². The Morgan fingerprint density at radius 2 is 1.50 bits per heavy atom. The van der Waals surface area contributed by atoms with E-state index in [1.807, 2.05) is 31.2 Å². The summed E-state index contributed by atoms with van der Waals surface area (Å²) < 4.78 is 43.3. The molecule has 0 fully saturated rings. The number of rotatable bonds is 12. The molecule has 0 bridgehead atoms. The van der Waals surface area contributed by atoms with Crippen molar-refractivity contribution in [3.05, 3.63) is 59.7 Å². The first-order chi connectivity index (χ1) is 14.3. The fourth-order valence-electron chi connectivity index (χ4n) is 2.76. The number of ether oxygens (including phenoxy) is 3. The molecule has 164 valence electrons. The number of esters is 1. The third-order valence-electron chi connectivity index (χ3n) is 4.09. The molecule has 0 aliphatic rings. The van der Waals surface area contributed by atoms with Gasteiger partial charge in [0.2, 0.25) is 0 Å². The van der Waals surface area contributed by atoms with Crippen LogP contribution in [0.1, 0.15) is 25.0 Å². The van der Waals surface area contributed by atoms with E-state index < -0.39 is 16.2 Å². The highest BCUT2D eigenvalue weighted by atomic mass is 32.2. The first kappa shape index (κ1) is 23.7. The lowest BCUT2D eigenvalue weighted by Gasteiger charge is -2.15. The average Bonchev–Trinajstić information content (AvgIpc) is 2.69. The Morgan fingerprint density at radius 1 is 0.900 bits per heavy atom. The molecule has 2 rings (SSSR count). The van der Waals surface area contributed by atoms with Crippen LogP contribution >= 0.6 is 0 Å². The van der Waals surface area contributed by atoms with Crippen molar-refractivity contribution in [3.8, 4) is 11.5 Å². The Labute approximate surface area is 178 Å². The SMILES string of the molecule is CCOC(=O)[C@H](Cc1ccc(CCOc2ccc(OS(C)(=O)=O)cc2)cc1)OCC. The molecule has 0 N–H and O–H groups in total. The Bertz CT molecular complexity index is 890. The largest absolute Gasteiger partial charge is 0.493 e. The van der Waals surface area contributed by atoms with E-state index in [0.29, 0.717) is 38.4 Å². The molecular formula is C22H28O7S.